The summed E-state index contributed by atoms with van der Waals surface area (Å²) < 4.78 is 0. The summed E-state index contributed by atoms with van der Waals surface area (Å²) in [6, 6.07) is 9.82. The minimum Gasteiger partial charge on any atom is -0.396 e. The van der Waals surface area contributed by atoms with Crippen LogP contribution in [0.5, 0.6) is 0 Å². The smallest absolute Gasteiger partial charge is 0.242 e. The van der Waals surface area contributed by atoms with Gasteiger partial charge in [-0.1, -0.05) is 37.3 Å². The quantitative estimate of drug-likeness (QED) is 0.807. The van der Waals surface area contributed by atoms with Crippen LogP contribution in [0.3, 0.4) is 0 Å². The average Bonchev–Trinajstić information content (AvgIpc) is 2.56. The molecule has 5 heteroatoms. The Balaban J connectivity index is 2.14. The molecule has 1 aromatic carbocycles. The molecule has 1 fully saturated rings. The van der Waals surface area contributed by atoms with Crippen molar-refractivity contribution in [2.75, 3.05) is 31.2 Å². The molecule has 4 nitrogen and oxygen atoms in total. The van der Waals surface area contributed by atoms with Crippen LogP contribution < -0.4 is 5.32 Å². The zero-order chi connectivity index (χ0) is 15.8. The van der Waals surface area contributed by atoms with E-state index in [4.69, 9.17) is 5.11 Å². The second-order valence-corrected chi connectivity index (χ2v) is 6.81. The van der Waals surface area contributed by atoms with E-state index in [1.54, 1.807) is 0 Å². The highest BCUT2D eigenvalue weighted by molar-refractivity contribution is 7.99. The predicted octanol–water partition coefficient (Wildman–Crippen LogP) is 2.05. The van der Waals surface area contributed by atoms with Crippen LogP contribution in [0.1, 0.15) is 31.4 Å². The molecule has 2 rings (SSSR count). The molecule has 0 bridgehead atoms. The number of hydrogen-bond acceptors (Lipinski definition) is 4. The average molecular weight is 322 g/mol. The number of benzene rings is 1. The largest absolute Gasteiger partial charge is 0.396 e. The highest BCUT2D eigenvalue weighted by atomic mass is 32.2. The molecule has 1 heterocycles. The van der Waals surface area contributed by atoms with Gasteiger partial charge in [0, 0.05) is 37.2 Å². The first-order valence-electron chi connectivity index (χ1n) is 8.04. The molecule has 0 aromatic heterocycles. The summed E-state index contributed by atoms with van der Waals surface area (Å²) in [5.41, 5.74) is 1.05. The molecule has 0 saturated carbocycles. The molecular weight excluding hydrogens is 296 g/mol. The number of rotatable bonds is 7. The fourth-order valence-corrected chi connectivity index (χ4v) is 3.74. The Hall–Kier alpha value is -1.04. The van der Waals surface area contributed by atoms with Crippen molar-refractivity contribution in [1.82, 2.24) is 10.2 Å². The van der Waals surface area contributed by atoms with Crippen molar-refractivity contribution in [3.8, 4) is 0 Å². The van der Waals surface area contributed by atoms with E-state index < -0.39 is 0 Å². The molecule has 0 spiro atoms. The SMILES string of the molecule is CCC(CCO)NC(=O)C(c1ccccc1)N1CCSCC1. The van der Waals surface area contributed by atoms with Crippen LogP contribution in [0.15, 0.2) is 30.3 Å². The van der Waals surface area contributed by atoms with E-state index in [2.05, 4.69) is 10.2 Å². The molecule has 0 radical (unpaired) electrons. The van der Waals surface area contributed by atoms with Crippen molar-refractivity contribution in [3.63, 3.8) is 0 Å². The maximum Gasteiger partial charge on any atom is 0.242 e. The van der Waals surface area contributed by atoms with Crippen LogP contribution in [0.4, 0.5) is 0 Å². The maximum atomic E-state index is 12.8. The van der Waals surface area contributed by atoms with Crippen molar-refractivity contribution < 1.29 is 9.90 Å². The summed E-state index contributed by atoms with van der Waals surface area (Å²) in [7, 11) is 0. The van der Waals surface area contributed by atoms with Crippen molar-refractivity contribution >= 4 is 17.7 Å². The third-order valence-corrected chi connectivity index (χ3v) is 5.03. The van der Waals surface area contributed by atoms with Gasteiger partial charge in [-0.3, -0.25) is 9.69 Å². The highest BCUT2D eigenvalue weighted by Gasteiger charge is 2.29. The molecule has 2 N–H and O–H groups in total. The summed E-state index contributed by atoms with van der Waals surface area (Å²) in [5.74, 6) is 2.20. The van der Waals surface area contributed by atoms with E-state index >= 15 is 0 Å². The Kier molecular flexibility index (Phi) is 7.22. The van der Waals surface area contributed by atoms with E-state index in [1.807, 2.05) is 49.0 Å². The van der Waals surface area contributed by atoms with Gasteiger partial charge in [0.1, 0.15) is 6.04 Å². The predicted molar refractivity (Wildman–Crippen MR) is 92.0 cm³/mol. The Morgan fingerprint density at radius 1 is 1.32 bits per heavy atom. The van der Waals surface area contributed by atoms with Gasteiger partial charge < -0.3 is 10.4 Å². The Labute approximate surface area is 137 Å². The molecule has 1 amide bonds. The number of aliphatic hydroxyl groups is 1. The van der Waals surface area contributed by atoms with Crippen LogP contribution in [0.25, 0.3) is 0 Å². The number of nitrogens with zero attached hydrogens (tertiary/aromatic N) is 1. The normalized spacial score (nSPS) is 18.6. The van der Waals surface area contributed by atoms with Crippen molar-refractivity contribution in [2.24, 2.45) is 0 Å². The lowest BCUT2D eigenvalue weighted by Crippen LogP contribution is -2.47. The van der Waals surface area contributed by atoms with Crippen LogP contribution >= 0.6 is 11.8 Å². The van der Waals surface area contributed by atoms with E-state index in [9.17, 15) is 4.79 Å². The topological polar surface area (TPSA) is 52.6 Å². The van der Waals surface area contributed by atoms with Crippen molar-refractivity contribution in [2.45, 2.75) is 31.8 Å². The minimum absolute atomic E-state index is 0.0443. The summed E-state index contributed by atoms with van der Waals surface area (Å²) in [5, 5.41) is 12.2. The first kappa shape index (κ1) is 17.3. The van der Waals surface area contributed by atoms with Gasteiger partial charge in [0.05, 0.1) is 0 Å². The summed E-state index contributed by atoms with van der Waals surface area (Å²) in [6.07, 6.45) is 1.45. The van der Waals surface area contributed by atoms with Gasteiger partial charge in [0.25, 0.3) is 0 Å². The second kappa shape index (κ2) is 9.18. The van der Waals surface area contributed by atoms with Gasteiger partial charge >= 0.3 is 0 Å². The van der Waals surface area contributed by atoms with E-state index in [0.717, 1.165) is 36.6 Å². The Morgan fingerprint density at radius 2 is 2.00 bits per heavy atom. The lowest BCUT2D eigenvalue weighted by atomic mass is 10.0. The van der Waals surface area contributed by atoms with Crippen LogP contribution in [0.2, 0.25) is 0 Å². The minimum atomic E-state index is -0.227. The number of hydrogen-bond donors (Lipinski definition) is 2. The van der Waals surface area contributed by atoms with Crippen LogP contribution in [0, 0.1) is 0 Å². The Morgan fingerprint density at radius 3 is 2.59 bits per heavy atom. The third-order valence-electron chi connectivity index (χ3n) is 4.09. The molecular formula is C17H26N2O2S. The molecule has 0 aliphatic carbocycles. The third kappa shape index (κ3) is 4.73. The lowest BCUT2D eigenvalue weighted by Gasteiger charge is -2.34. The number of carbonyl (C=O) groups is 1. The van der Waals surface area contributed by atoms with Crippen molar-refractivity contribution in [1.29, 1.82) is 0 Å². The molecule has 1 aromatic rings. The second-order valence-electron chi connectivity index (χ2n) is 5.59. The van der Waals surface area contributed by atoms with Gasteiger partial charge in [-0.25, -0.2) is 0 Å². The zero-order valence-corrected chi connectivity index (χ0v) is 14.0. The van der Waals surface area contributed by atoms with Gasteiger partial charge in [0.15, 0.2) is 0 Å². The van der Waals surface area contributed by atoms with Gasteiger partial charge in [0.2, 0.25) is 5.91 Å². The number of carbonyl (C=O) groups excluding carboxylic acids is 1. The molecule has 22 heavy (non-hydrogen) atoms. The van der Waals surface area contributed by atoms with Gasteiger partial charge in [-0.2, -0.15) is 11.8 Å². The number of amides is 1. The standard InChI is InChI=1S/C17H26N2O2S/c1-2-15(8-11-20)18-17(21)16(14-6-4-3-5-7-14)19-9-12-22-13-10-19/h3-7,15-16,20H,2,8-13H2,1H3,(H,18,21). The van der Waals surface area contributed by atoms with E-state index in [-0.39, 0.29) is 24.6 Å². The fourth-order valence-electron chi connectivity index (χ4n) is 2.81. The van der Waals surface area contributed by atoms with Crippen LogP contribution in [-0.4, -0.2) is 53.2 Å². The number of nitrogens with one attached hydrogen (secondary N) is 1. The number of aliphatic hydroxyl groups excluding tert-OH is 1. The summed E-state index contributed by atoms with van der Waals surface area (Å²) in [6.45, 7) is 4.02. The zero-order valence-electron chi connectivity index (χ0n) is 13.2. The summed E-state index contributed by atoms with van der Waals surface area (Å²) in [4.78, 5) is 15.1. The van der Waals surface area contributed by atoms with E-state index in [0.29, 0.717) is 6.42 Å². The van der Waals surface area contributed by atoms with Crippen LogP contribution in [-0.2, 0) is 4.79 Å². The number of thioether (sulfide) groups is 1. The van der Waals surface area contributed by atoms with Gasteiger partial charge in [-0.15, -0.1) is 0 Å². The molecule has 2 unspecified atom stereocenters. The summed E-state index contributed by atoms with van der Waals surface area (Å²) >= 11 is 1.94. The molecule has 1 saturated heterocycles. The lowest BCUT2D eigenvalue weighted by molar-refractivity contribution is -0.127. The molecule has 122 valence electrons. The molecule has 1 aliphatic rings. The first-order chi connectivity index (χ1) is 10.8. The molecule has 1 aliphatic heterocycles. The molecule has 2 atom stereocenters. The Bertz CT molecular complexity index is 449. The van der Waals surface area contributed by atoms with Gasteiger partial charge in [-0.05, 0) is 18.4 Å². The fraction of sp³-hybridized carbons (Fsp3) is 0.588. The maximum absolute atomic E-state index is 12.8. The van der Waals surface area contributed by atoms with E-state index in [1.165, 1.54) is 0 Å². The highest BCUT2D eigenvalue weighted by Crippen LogP contribution is 2.24. The van der Waals surface area contributed by atoms with Crippen molar-refractivity contribution in [3.05, 3.63) is 35.9 Å². The monoisotopic (exact) mass is 322 g/mol. The first-order valence-corrected chi connectivity index (χ1v) is 9.19.